The third kappa shape index (κ3) is 3.26. The number of rotatable bonds is 4. The van der Waals surface area contributed by atoms with Crippen molar-refractivity contribution in [3.63, 3.8) is 0 Å². The van der Waals surface area contributed by atoms with E-state index in [-0.39, 0.29) is 24.0 Å². The number of urea groups is 1. The van der Waals surface area contributed by atoms with Crippen LogP contribution in [0.4, 0.5) is 4.79 Å². The molecule has 32 heavy (non-hydrogen) atoms. The Morgan fingerprint density at radius 1 is 1.28 bits per heavy atom. The van der Waals surface area contributed by atoms with Crippen LogP contribution in [0.15, 0.2) is 35.1 Å². The molecule has 3 heterocycles. The van der Waals surface area contributed by atoms with Gasteiger partial charge < -0.3 is 10.1 Å². The standard InChI is InChI=1S/C22H22N4O5S/c1-13-6-4-5-9-22(13)19(29)25(20(30)24-22)11-18(28)31-12-14-10-17(27)26-15-7-2-3-8-16(15)32-21(26)23-14/h2-3,7-8,10,13H,4-6,9,11-12H2,1H3,(H,24,30). The van der Waals surface area contributed by atoms with Crippen LogP contribution in [-0.2, 0) is 20.9 Å². The average Bonchev–Trinajstić information content (AvgIpc) is 3.26. The fourth-order valence-corrected chi connectivity index (χ4v) is 5.72. The number of carbonyl (C=O) groups excluding carboxylic acids is 3. The molecule has 166 valence electrons. The number of thiazole rings is 1. The zero-order chi connectivity index (χ0) is 22.5. The summed E-state index contributed by atoms with van der Waals surface area (Å²) < 4.78 is 7.69. The number of hydrogen-bond donors (Lipinski definition) is 1. The highest BCUT2D eigenvalue weighted by Crippen LogP contribution is 2.38. The maximum Gasteiger partial charge on any atom is 0.326 e. The summed E-state index contributed by atoms with van der Waals surface area (Å²) in [6.45, 7) is 1.26. The molecule has 9 nitrogen and oxygen atoms in total. The van der Waals surface area contributed by atoms with E-state index in [1.54, 1.807) is 0 Å². The van der Waals surface area contributed by atoms with Crippen LogP contribution in [0.25, 0.3) is 15.2 Å². The Kier molecular flexibility index (Phi) is 4.96. The lowest BCUT2D eigenvalue weighted by atomic mass is 9.73. The van der Waals surface area contributed by atoms with Gasteiger partial charge in [0, 0.05) is 6.07 Å². The van der Waals surface area contributed by atoms with Gasteiger partial charge in [-0.1, -0.05) is 43.2 Å². The number of esters is 1. The Bertz CT molecular complexity index is 1310. The molecule has 2 unspecified atom stereocenters. The number of carbonyl (C=O) groups is 3. The number of aromatic nitrogens is 2. The summed E-state index contributed by atoms with van der Waals surface area (Å²) in [4.78, 5) is 56.2. The SMILES string of the molecule is CC1CCCCC12NC(=O)N(CC(=O)OCc1cc(=O)n3c(n1)sc1ccccc13)C2=O. The highest BCUT2D eigenvalue weighted by atomic mass is 32.1. The number of para-hydroxylation sites is 1. The van der Waals surface area contributed by atoms with Crippen molar-refractivity contribution in [3.8, 4) is 0 Å². The number of amides is 3. The lowest BCUT2D eigenvalue weighted by molar-refractivity contribution is -0.149. The van der Waals surface area contributed by atoms with E-state index in [1.165, 1.54) is 21.8 Å². The van der Waals surface area contributed by atoms with Crippen LogP contribution in [0.2, 0.25) is 0 Å². The summed E-state index contributed by atoms with van der Waals surface area (Å²) in [6.07, 6.45) is 3.31. The normalized spacial score (nSPS) is 23.3. The molecule has 1 aromatic carbocycles. The van der Waals surface area contributed by atoms with E-state index in [0.717, 1.165) is 34.4 Å². The minimum atomic E-state index is -0.919. The lowest BCUT2D eigenvalue weighted by Crippen LogP contribution is -2.54. The molecule has 5 rings (SSSR count). The Labute approximate surface area is 187 Å². The van der Waals surface area contributed by atoms with Gasteiger partial charge in [0.1, 0.15) is 18.7 Å². The molecule has 1 aliphatic carbocycles. The fraction of sp³-hybridized carbons (Fsp3) is 0.409. The first-order valence-electron chi connectivity index (χ1n) is 10.6. The second-order valence-corrected chi connectivity index (χ2v) is 9.38. The Morgan fingerprint density at radius 2 is 2.09 bits per heavy atom. The van der Waals surface area contributed by atoms with Gasteiger partial charge in [-0.2, -0.15) is 0 Å². The molecule has 2 fully saturated rings. The van der Waals surface area contributed by atoms with Crippen molar-refractivity contribution >= 4 is 44.4 Å². The van der Waals surface area contributed by atoms with Crippen LogP contribution >= 0.6 is 11.3 Å². The summed E-state index contributed by atoms with van der Waals surface area (Å²) >= 11 is 1.37. The van der Waals surface area contributed by atoms with Gasteiger partial charge in [-0.05, 0) is 30.9 Å². The Balaban J connectivity index is 1.28. The smallest absolute Gasteiger partial charge is 0.326 e. The van der Waals surface area contributed by atoms with Gasteiger partial charge in [0.15, 0.2) is 4.96 Å². The molecule has 10 heteroatoms. The molecule has 3 aromatic rings. The minimum Gasteiger partial charge on any atom is -0.458 e. The van der Waals surface area contributed by atoms with Gasteiger partial charge >= 0.3 is 12.0 Å². The highest BCUT2D eigenvalue weighted by Gasteiger charge is 2.55. The minimum absolute atomic E-state index is 0.0129. The number of hydrogen-bond acceptors (Lipinski definition) is 7. The van der Waals surface area contributed by atoms with Gasteiger partial charge in [0.25, 0.3) is 11.5 Å². The largest absolute Gasteiger partial charge is 0.458 e. The van der Waals surface area contributed by atoms with Crippen LogP contribution in [0.1, 0.15) is 38.3 Å². The first-order chi connectivity index (χ1) is 15.4. The third-order valence-electron chi connectivity index (χ3n) is 6.42. The molecule has 0 radical (unpaired) electrons. The van der Waals surface area contributed by atoms with Crippen LogP contribution in [-0.4, -0.2) is 44.3 Å². The number of benzene rings is 1. The summed E-state index contributed by atoms with van der Waals surface area (Å²) in [7, 11) is 0. The van der Waals surface area contributed by atoms with Crippen molar-refractivity contribution in [1.82, 2.24) is 19.6 Å². The van der Waals surface area contributed by atoms with Crippen LogP contribution in [0.5, 0.6) is 0 Å². The number of imide groups is 1. The topological polar surface area (TPSA) is 110 Å². The van der Waals surface area contributed by atoms with Crippen LogP contribution in [0.3, 0.4) is 0 Å². The Morgan fingerprint density at radius 3 is 2.91 bits per heavy atom. The van der Waals surface area contributed by atoms with E-state index in [0.29, 0.717) is 17.1 Å². The first kappa shape index (κ1) is 20.6. The molecular weight excluding hydrogens is 432 g/mol. The number of nitrogens with one attached hydrogen (secondary N) is 1. The van der Waals surface area contributed by atoms with Gasteiger partial charge in [-0.25, -0.2) is 9.78 Å². The van der Waals surface area contributed by atoms with Gasteiger partial charge in [-0.3, -0.25) is 23.7 Å². The average molecular weight is 455 g/mol. The molecule has 1 N–H and O–H groups in total. The predicted octanol–water partition coefficient (Wildman–Crippen LogP) is 2.45. The summed E-state index contributed by atoms with van der Waals surface area (Å²) in [5.41, 5.74) is -0.0961. The Hall–Kier alpha value is -3.27. The molecule has 1 saturated carbocycles. The molecule has 2 aromatic heterocycles. The quantitative estimate of drug-likeness (QED) is 0.479. The van der Waals surface area contributed by atoms with Crippen molar-refractivity contribution in [1.29, 1.82) is 0 Å². The van der Waals surface area contributed by atoms with Crippen molar-refractivity contribution in [2.45, 2.75) is 44.8 Å². The predicted molar refractivity (Wildman–Crippen MR) is 117 cm³/mol. The second kappa shape index (κ2) is 7.70. The highest BCUT2D eigenvalue weighted by molar-refractivity contribution is 7.23. The zero-order valence-electron chi connectivity index (χ0n) is 17.5. The molecule has 3 amide bonds. The number of nitrogens with zero attached hydrogens (tertiary/aromatic N) is 3. The molecule has 2 atom stereocenters. The van der Waals surface area contributed by atoms with Crippen molar-refractivity contribution in [2.24, 2.45) is 5.92 Å². The van der Waals surface area contributed by atoms with Crippen molar-refractivity contribution in [2.75, 3.05) is 6.54 Å². The monoisotopic (exact) mass is 454 g/mol. The van der Waals surface area contributed by atoms with Crippen molar-refractivity contribution < 1.29 is 19.1 Å². The van der Waals surface area contributed by atoms with E-state index >= 15 is 0 Å². The molecule has 1 saturated heterocycles. The number of ether oxygens (including phenoxy) is 1. The number of fused-ring (bicyclic) bond motifs is 3. The first-order valence-corrected chi connectivity index (χ1v) is 11.4. The van der Waals surface area contributed by atoms with Crippen LogP contribution in [0, 0.1) is 5.92 Å². The maximum absolute atomic E-state index is 13.0. The summed E-state index contributed by atoms with van der Waals surface area (Å²) in [6, 6.07) is 8.25. The summed E-state index contributed by atoms with van der Waals surface area (Å²) in [5.74, 6) is -1.08. The molecule has 2 aliphatic rings. The van der Waals surface area contributed by atoms with E-state index in [2.05, 4.69) is 10.3 Å². The van der Waals surface area contributed by atoms with Gasteiger partial charge in [0.2, 0.25) is 0 Å². The van der Waals surface area contributed by atoms with E-state index < -0.39 is 24.1 Å². The molecule has 1 aliphatic heterocycles. The lowest BCUT2D eigenvalue weighted by Gasteiger charge is -2.36. The van der Waals surface area contributed by atoms with Gasteiger partial charge in [-0.15, -0.1) is 0 Å². The fourth-order valence-electron chi connectivity index (χ4n) is 4.67. The van der Waals surface area contributed by atoms with Crippen LogP contribution < -0.4 is 10.9 Å². The van der Waals surface area contributed by atoms with Gasteiger partial charge in [0.05, 0.1) is 15.9 Å². The van der Waals surface area contributed by atoms with E-state index in [4.69, 9.17) is 4.74 Å². The molecule has 0 bridgehead atoms. The molecule has 1 spiro atoms. The molecular formula is C22H22N4O5S. The van der Waals surface area contributed by atoms with E-state index in [1.807, 2.05) is 31.2 Å². The third-order valence-corrected chi connectivity index (χ3v) is 7.44. The van der Waals surface area contributed by atoms with E-state index in [9.17, 15) is 19.2 Å². The maximum atomic E-state index is 13.0. The second-order valence-electron chi connectivity index (χ2n) is 8.37. The van der Waals surface area contributed by atoms with Crippen molar-refractivity contribution in [3.05, 3.63) is 46.4 Å². The summed E-state index contributed by atoms with van der Waals surface area (Å²) in [5, 5.41) is 2.81. The zero-order valence-corrected chi connectivity index (χ0v) is 18.3.